The molecule has 0 radical (unpaired) electrons. The average molecular weight is 339 g/mol. The zero-order valence-corrected chi connectivity index (χ0v) is 13.8. The van der Waals surface area contributed by atoms with Crippen molar-refractivity contribution in [1.29, 1.82) is 0 Å². The quantitative estimate of drug-likeness (QED) is 0.501. The fourth-order valence-corrected chi connectivity index (χ4v) is 2.75. The van der Waals surface area contributed by atoms with Crippen LogP contribution in [0.5, 0.6) is 0 Å². The summed E-state index contributed by atoms with van der Waals surface area (Å²) in [6, 6.07) is 19.5. The van der Waals surface area contributed by atoms with Gasteiger partial charge < -0.3 is 4.74 Å². The molecule has 0 fully saturated rings. The van der Waals surface area contributed by atoms with Gasteiger partial charge in [0.05, 0.1) is 5.56 Å². The van der Waals surface area contributed by atoms with E-state index in [0.29, 0.717) is 16.1 Å². The van der Waals surface area contributed by atoms with Gasteiger partial charge in [-0.15, -0.1) is 0 Å². The molecule has 0 saturated carbocycles. The molecular formula is C20H15ClO3. The first kappa shape index (κ1) is 16.2. The average Bonchev–Trinajstić information content (AvgIpc) is 2.60. The van der Waals surface area contributed by atoms with Crippen molar-refractivity contribution in [3.05, 3.63) is 82.9 Å². The predicted octanol–water partition coefficient (Wildman–Crippen LogP) is 4.92. The molecule has 0 heterocycles. The second-order valence-corrected chi connectivity index (χ2v) is 5.89. The molecule has 3 aromatic rings. The second-order valence-electron chi connectivity index (χ2n) is 5.45. The summed E-state index contributed by atoms with van der Waals surface area (Å²) in [5, 5.41) is 2.21. The van der Waals surface area contributed by atoms with Crippen LogP contribution in [0.1, 0.15) is 27.6 Å². The Hall–Kier alpha value is -2.65. The van der Waals surface area contributed by atoms with Crippen molar-refractivity contribution in [3.8, 4) is 0 Å². The van der Waals surface area contributed by atoms with Crippen molar-refractivity contribution in [2.24, 2.45) is 0 Å². The number of rotatable bonds is 4. The number of fused-ring (bicyclic) bond motifs is 1. The number of carbonyl (C=O) groups excluding carboxylic acids is 2. The first-order chi connectivity index (χ1) is 11.6. The highest BCUT2D eigenvalue weighted by Gasteiger charge is 2.21. The lowest BCUT2D eigenvalue weighted by Crippen LogP contribution is -2.24. The number of esters is 1. The molecule has 0 aromatic heterocycles. The third-order valence-electron chi connectivity index (χ3n) is 3.77. The van der Waals surface area contributed by atoms with Crippen LogP contribution in [0, 0.1) is 0 Å². The van der Waals surface area contributed by atoms with Gasteiger partial charge in [0, 0.05) is 10.6 Å². The van der Waals surface area contributed by atoms with E-state index in [1.165, 1.54) is 0 Å². The van der Waals surface area contributed by atoms with Gasteiger partial charge in [0.25, 0.3) is 0 Å². The first-order valence-corrected chi connectivity index (χ1v) is 7.92. The summed E-state index contributed by atoms with van der Waals surface area (Å²) in [6.45, 7) is 1.56. The van der Waals surface area contributed by atoms with E-state index < -0.39 is 12.1 Å². The Balaban J connectivity index is 1.82. The Morgan fingerprint density at radius 2 is 1.67 bits per heavy atom. The van der Waals surface area contributed by atoms with Gasteiger partial charge in [-0.2, -0.15) is 0 Å². The molecule has 0 saturated heterocycles. The normalized spacial score (nSPS) is 11.9. The lowest BCUT2D eigenvalue weighted by molar-refractivity contribution is 0.0321. The zero-order valence-electron chi connectivity index (χ0n) is 13.0. The molecule has 0 aliphatic rings. The number of halogens is 1. The molecule has 0 aliphatic heterocycles. The maximum atomic E-state index is 12.5. The summed E-state index contributed by atoms with van der Waals surface area (Å²) >= 11 is 5.90. The topological polar surface area (TPSA) is 43.4 Å². The van der Waals surface area contributed by atoms with Crippen LogP contribution >= 0.6 is 11.6 Å². The molecule has 0 N–H and O–H groups in total. The van der Waals surface area contributed by atoms with E-state index in [1.54, 1.807) is 43.3 Å². The standard InChI is InChI=1S/C20H15ClO3/c1-13(19(22)15-8-4-9-16(21)12-15)24-20(23)18-11-5-7-14-6-2-3-10-17(14)18/h2-13H,1H3. The van der Waals surface area contributed by atoms with Gasteiger partial charge in [-0.3, -0.25) is 4.79 Å². The third kappa shape index (κ3) is 3.31. The summed E-state index contributed by atoms with van der Waals surface area (Å²) in [5.74, 6) is -0.805. The Bertz CT molecular complexity index is 912. The van der Waals surface area contributed by atoms with Crippen LogP contribution in [0.4, 0.5) is 0 Å². The van der Waals surface area contributed by atoms with Gasteiger partial charge in [-0.05, 0) is 35.9 Å². The number of benzene rings is 3. The molecule has 3 aromatic carbocycles. The number of ether oxygens (including phenoxy) is 1. The van der Waals surface area contributed by atoms with E-state index in [4.69, 9.17) is 16.3 Å². The zero-order chi connectivity index (χ0) is 17.1. The summed E-state index contributed by atoms with van der Waals surface area (Å²) in [6.07, 6.45) is -0.894. The number of Topliss-reactive ketones (excluding diaryl/α,β-unsaturated/α-hetero) is 1. The van der Waals surface area contributed by atoms with Crippen LogP contribution in [0.25, 0.3) is 10.8 Å². The Morgan fingerprint density at radius 1 is 0.958 bits per heavy atom. The Labute approximate surface area is 144 Å². The van der Waals surface area contributed by atoms with Gasteiger partial charge in [-0.1, -0.05) is 60.1 Å². The lowest BCUT2D eigenvalue weighted by Gasteiger charge is -2.13. The van der Waals surface area contributed by atoms with Gasteiger partial charge in [-0.25, -0.2) is 4.79 Å². The molecule has 4 heteroatoms. The van der Waals surface area contributed by atoms with Gasteiger partial charge in [0.2, 0.25) is 5.78 Å². The SMILES string of the molecule is CC(OC(=O)c1cccc2ccccc12)C(=O)c1cccc(Cl)c1. The van der Waals surface area contributed by atoms with Crippen molar-refractivity contribution >= 4 is 34.1 Å². The molecule has 3 nitrogen and oxygen atoms in total. The molecule has 0 aliphatic carbocycles. The van der Waals surface area contributed by atoms with E-state index in [9.17, 15) is 9.59 Å². The van der Waals surface area contributed by atoms with E-state index >= 15 is 0 Å². The number of ketones is 1. The third-order valence-corrected chi connectivity index (χ3v) is 4.01. The summed E-state index contributed by atoms with van der Waals surface area (Å²) in [5.41, 5.74) is 0.861. The molecule has 1 unspecified atom stereocenters. The monoisotopic (exact) mass is 338 g/mol. The minimum Gasteiger partial charge on any atom is -0.451 e. The molecular weight excluding hydrogens is 324 g/mol. The van der Waals surface area contributed by atoms with E-state index in [-0.39, 0.29) is 5.78 Å². The maximum absolute atomic E-state index is 12.5. The van der Waals surface area contributed by atoms with E-state index in [1.807, 2.05) is 30.3 Å². The molecule has 120 valence electrons. The van der Waals surface area contributed by atoms with E-state index in [2.05, 4.69) is 0 Å². The number of hydrogen-bond donors (Lipinski definition) is 0. The summed E-state index contributed by atoms with van der Waals surface area (Å²) < 4.78 is 5.37. The molecule has 24 heavy (non-hydrogen) atoms. The highest BCUT2D eigenvalue weighted by molar-refractivity contribution is 6.31. The summed E-state index contributed by atoms with van der Waals surface area (Å²) in [4.78, 5) is 24.9. The minimum absolute atomic E-state index is 0.286. The molecule has 1 atom stereocenters. The Kier molecular flexibility index (Phi) is 4.63. The predicted molar refractivity (Wildman–Crippen MR) is 94.6 cm³/mol. The van der Waals surface area contributed by atoms with Crippen molar-refractivity contribution < 1.29 is 14.3 Å². The summed E-state index contributed by atoms with van der Waals surface area (Å²) in [7, 11) is 0. The second kappa shape index (κ2) is 6.85. The van der Waals surface area contributed by atoms with Crippen molar-refractivity contribution in [2.45, 2.75) is 13.0 Å². The van der Waals surface area contributed by atoms with Crippen molar-refractivity contribution in [3.63, 3.8) is 0 Å². The Morgan fingerprint density at radius 3 is 2.46 bits per heavy atom. The fraction of sp³-hybridized carbons (Fsp3) is 0.100. The van der Waals surface area contributed by atoms with Gasteiger partial charge in [0.1, 0.15) is 0 Å². The lowest BCUT2D eigenvalue weighted by atomic mass is 10.0. The van der Waals surface area contributed by atoms with Crippen LogP contribution in [-0.4, -0.2) is 17.9 Å². The smallest absolute Gasteiger partial charge is 0.339 e. The minimum atomic E-state index is -0.894. The van der Waals surface area contributed by atoms with Crippen LogP contribution in [-0.2, 0) is 4.74 Å². The van der Waals surface area contributed by atoms with E-state index in [0.717, 1.165) is 10.8 Å². The van der Waals surface area contributed by atoms with Crippen molar-refractivity contribution in [2.75, 3.05) is 0 Å². The first-order valence-electron chi connectivity index (χ1n) is 7.55. The maximum Gasteiger partial charge on any atom is 0.339 e. The molecule has 0 amide bonds. The van der Waals surface area contributed by atoms with Crippen LogP contribution in [0.2, 0.25) is 5.02 Å². The molecule has 3 rings (SSSR count). The van der Waals surface area contributed by atoms with Crippen LogP contribution in [0.3, 0.4) is 0 Å². The van der Waals surface area contributed by atoms with Gasteiger partial charge in [0.15, 0.2) is 6.10 Å². The highest BCUT2D eigenvalue weighted by atomic mass is 35.5. The highest BCUT2D eigenvalue weighted by Crippen LogP contribution is 2.20. The molecule has 0 bridgehead atoms. The van der Waals surface area contributed by atoms with Crippen molar-refractivity contribution in [1.82, 2.24) is 0 Å². The van der Waals surface area contributed by atoms with Gasteiger partial charge >= 0.3 is 5.97 Å². The van der Waals surface area contributed by atoms with Crippen LogP contribution < -0.4 is 0 Å². The number of hydrogen-bond acceptors (Lipinski definition) is 3. The number of carbonyl (C=O) groups is 2. The largest absolute Gasteiger partial charge is 0.451 e. The fourth-order valence-electron chi connectivity index (χ4n) is 2.56. The van der Waals surface area contributed by atoms with Crippen LogP contribution in [0.15, 0.2) is 66.7 Å². The molecule has 0 spiro atoms.